The number of nitrogens with zero attached hydrogens (tertiary/aromatic N) is 2. The maximum absolute atomic E-state index is 11.3. The lowest BCUT2D eigenvalue weighted by Gasteiger charge is -2.37. The molecule has 0 aliphatic heterocycles. The van der Waals surface area contributed by atoms with E-state index in [9.17, 15) is 9.90 Å². The quantitative estimate of drug-likeness (QED) is 0.798. The van der Waals surface area contributed by atoms with Crippen LogP contribution in [0.25, 0.3) is 0 Å². The molecule has 0 radical (unpaired) electrons. The van der Waals surface area contributed by atoms with E-state index in [-0.39, 0.29) is 0 Å². The summed E-state index contributed by atoms with van der Waals surface area (Å²) in [6, 6.07) is 1.79. The minimum Gasteiger partial charge on any atom is -0.481 e. The first-order valence-electron chi connectivity index (χ1n) is 5.11. The molecule has 15 heavy (non-hydrogen) atoms. The third-order valence-corrected chi connectivity index (χ3v) is 3.07. The Hall–Kier alpha value is -1.45. The van der Waals surface area contributed by atoms with E-state index in [4.69, 9.17) is 0 Å². The smallest absolute Gasteiger partial charge is 0.315 e. The van der Waals surface area contributed by atoms with Crippen LogP contribution in [0.3, 0.4) is 0 Å². The second kappa shape index (κ2) is 3.29. The lowest BCUT2D eigenvalue weighted by atomic mass is 9.66. The van der Waals surface area contributed by atoms with Gasteiger partial charge < -0.3 is 5.11 Å². The Balaban J connectivity index is 2.47. The molecule has 1 N–H and O–H groups in total. The lowest BCUT2D eigenvalue weighted by Crippen LogP contribution is -2.43. The zero-order chi connectivity index (χ0) is 11.1. The third-order valence-electron chi connectivity index (χ3n) is 3.07. The van der Waals surface area contributed by atoms with Gasteiger partial charge in [-0.3, -0.25) is 4.79 Å². The van der Waals surface area contributed by atoms with Crippen molar-refractivity contribution >= 4 is 5.97 Å². The molecule has 1 heterocycles. The van der Waals surface area contributed by atoms with E-state index in [0.29, 0.717) is 24.4 Å². The van der Waals surface area contributed by atoms with Crippen molar-refractivity contribution in [1.29, 1.82) is 0 Å². The standard InChI is InChI=1S/C11H14N2O2/c1-7-6-9(13-8(2)12-7)11(10(14)15)4-3-5-11/h6H,3-5H2,1-2H3,(H,14,15). The molecular formula is C11H14N2O2. The van der Waals surface area contributed by atoms with Gasteiger partial charge in [0.1, 0.15) is 11.2 Å². The van der Waals surface area contributed by atoms with Crippen molar-refractivity contribution in [3.8, 4) is 0 Å². The Morgan fingerprint density at radius 2 is 2.07 bits per heavy atom. The summed E-state index contributed by atoms with van der Waals surface area (Å²) in [5.41, 5.74) is 0.773. The molecule has 0 bridgehead atoms. The second-order valence-electron chi connectivity index (χ2n) is 4.18. The molecule has 1 aliphatic carbocycles. The van der Waals surface area contributed by atoms with Gasteiger partial charge in [0.15, 0.2) is 0 Å². The number of aryl methyl sites for hydroxylation is 2. The molecule has 1 saturated carbocycles. The molecular weight excluding hydrogens is 192 g/mol. The van der Waals surface area contributed by atoms with Crippen LogP contribution in [-0.4, -0.2) is 21.0 Å². The maximum atomic E-state index is 11.3. The van der Waals surface area contributed by atoms with Crippen LogP contribution in [0.2, 0.25) is 0 Å². The summed E-state index contributed by atoms with van der Waals surface area (Å²) >= 11 is 0. The highest BCUT2D eigenvalue weighted by Gasteiger charge is 2.47. The Kier molecular flexibility index (Phi) is 2.21. The van der Waals surface area contributed by atoms with Crippen LogP contribution in [0.1, 0.15) is 36.5 Å². The first kappa shape index (κ1) is 10.1. The minimum absolute atomic E-state index is 0.650. The predicted octanol–water partition coefficient (Wildman–Crippen LogP) is 1.60. The Labute approximate surface area is 88.4 Å². The number of hydrogen-bond donors (Lipinski definition) is 1. The van der Waals surface area contributed by atoms with Gasteiger partial charge in [-0.25, -0.2) is 9.97 Å². The van der Waals surface area contributed by atoms with Gasteiger partial charge in [-0.1, -0.05) is 6.42 Å². The van der Waals surface area contributed by atoms with Crippen molar-refractivity contribution in [2.24, 2.45) is 0 Å². The molecule has 0 aromatic carbocycles. The van der Waals surface area contributed by atoms with Gasteiger partial charge in [0, 0.05) is 5.69 Å². The van der Waals surface area contributed by atoms with Gasteiger partial charge in [0.25, 0.3) is 0 Å². The van der Waals surface area contributed by atoms with Gasteiger partial charge >= 0.3 is 5.97 Å². The molecule has 0 saturated heterocycles. The van der Waals surface area contributed by atoms with Crippen LogP contribution in [0, 0.1) is 13.8 Å². The van der Waals surface area contributed by atoms with Crippen molar-refractivity contribution < 1.29 is 9.90 Å². The molecule has 80 valence electrons. The van der Waals surface area contributed by atoms with E-state index in [2.05, 4.69) is 9.97 Å². The number of rotatable bonds is 2. The summed E-state index contributed by atoms with van der Waals surface area (Å²) < 4.78 is 0. The van der Waals surface area contributed by atoms with E-state index in [0.717, 1.165) is 12.1 Å². The van der Waals surface area contributed by atoms with E-state index in [1.54, 1.807) is 13.0 Å². The van der Waals surface area contributed by atoms with Gasteiger partial charge in [0.05, 0.1) is 5.69 Å². The fourth-order valence-corrected chi connectivity index (χ4v) is 2.07. The fraction of sp³-hybridized carbons (Fsp3) is 0.545. The van der Waals surface area contributed by atoms with Crippen LogP contribution < -0.4 is 0 Å². The zero-order valence-electron chi connectivity index (χ0n) is 8.95. The number of carboxylic acid groups (broad SMARTS) is 1. The normalized spacial score (nSPS) is 18.3. The molecule has 2 rings (SSSR count). The van der Waals surface area contributed by atoms with Crippen molar-refractivity contribution in [1.82, 2.24) is 9.97 Å². The predicted molar refractivity (Wildman–Crippen MR) is 54.7 cm³/mol. The summed E-state index contributed by atoms with van der Waals surface area (Å²) in [4.78, 5) is 19.7. The molecule has 1 fully saturated rings. The monoisotopic (exact) mass is 206 g/mol. The van der Waals surface area contributed by atoms with Crippen molar-refractivity contribution in [2.75, 3.05) is 0 Å². The first-order valence-corrected chi connectivity index (χ1v) is 5.11. The summed E-state index contributed by atoms with van der Waals surface area (Å²) in [6.07, 6.45) is 2.35. The van der Waals surface area contributed by atoms with Crippen LogP contribution in [0.4, 0.5) is 0 Å². The van der Waals surface area contributed by atoms with E-state index < -0.39 is 11.4 Å². The molecule has 1 aliphatic rings. The topological polar surface area (TPSA) is 63.1 Å². The molecule has 1 aromatic heterocycles. The van der Waals surface area contributed by atoms with Crippen LogP contribution in [-0.2, 0) is 10.2 Å². The Morgan fingerprint density at radius 3 is 2.47 bits per heavy atom. The second-order valence-corrected chi connectivity index (χ2v) is 4.18. The highest BCUT2D eigenvalue weighted by atomic mass is 16.4. The van der Waals surface area contributed by atoms with Crippen LogP contribution in [0.15, 0.2) is 6.07 Å². The van der Waals surface area contributed by atoms with Crippen LogP contribution >= 0.6 is 0 Å². The molecule has 0 atom stereocenters. The number of carboxylic acids is 1. The van der Waals surface area contributed by atoms with Crippen molar-refractivity contribution in [3.63, 3.8) is 0 Å². The van der Waals surface area contributed by atoms with Crippen molar-refractivity contribution in [2.45, 2.75) is 38.5 Å². The van der Waals surface area contributed by atoms with Gasteiger partial charge in [-0.05, 0) is 32.8 Å². The molecule has 0 amide bonds. The molecule has 4 heteroatoms. The minimum atomic E-state index is -0.758. The van der Waals surface area contributed by atoms with Crippen molar-refractivity contribution in [3.05, 3.63) is 23.3 Å². The van der Waals surface area contributed by atoms with E-state index in [1.807, 2.05) is 6.92 Å². The van der Waals surface area contributed by atoms with E-state index in [1.165, 1.54) is 0 Å². The highest BCUT2D eigenvalue weighted by molar-refractivity contribution is 5.81. The SMILES string of the molecule is Cc1cc(C2(C(=O)O)CCC2)nc(C)n1. The Bertz CT molecular complexity index is 391. The zero-order valence-corrected chi connectivity index (χ0v) is 8.95. The van der Waals surface area contributed by atoms with Gasteiger partial charge in [-0.2, -0.15) is 0 Å². The average molecular weight is 206 g/mol. The van der Waals surface area contributed by atoms with Gasteiger partial charge in [-0.15, -0.1) is 0 Å². The summed E-state index contributed by atoms with van der Waals surface area (Å²) in [5.74, 6) is -0.108. The molecule has 4 nitrogen and oxygen atoms in total. The molecule has 0 spiro atoms. The lowest BCUT2D eigenvalue weighted by molar-refractivity contribution is -0.147. The third kappa shape index (κ3) is 1.50. The summed E-state index contributed by atoms with van der Waals surface area (Å²) in [5, 5.41) is 9.26. The highest BCUT2D eigenvalue weighted by Crippen LogP contribution is 2.43. The Morgan fingerprint density at radius 1 is 1.40 bits per heavy atom. The number of aromatic nitrogens is 2. The fourth-order valence-electron chi connectivity index (χ4n) is 2.07. The summed E-state index contributed by atoms with van der Waals surface area (Å²) in [7, 11) is 0. The van der Waals surface area contributed by atoms with Gasteiger partial charge in [0.2, 0.25) is 0 Å². The number of carbonyl (C=O) groups is 1. The molecule has 0 unspecified atom stereocenters. The van der Waals surface area contributed by atoms with E-state index >= 15 is 0 Å². The first-order chi connectivity index (χ1) is 7.04. The van der Waals surface area contributed by atoms with Crippen LogP contribution in [0.5, 0.6) is 0 Å². The number of hydrogen-bond acceptors (Lipinski definition) is 3. The molecule has 1 aromatic rings. The average Bonchev–Trinajstić information content (AvgIpc) is 1.97. The maximum Gasteiger partial charge on any atom is 0.315 e. The number of aliphatic carboxylic acids is 1. The summed E-state index contributed by atoms with van der Waals surface area (Å²) in [6.45, 7) is 3.66. The largest absolute Gasteiger partial charge is 0.481 e.